The smallest absolute Gasteiger partial charge is 0.170 e. The molecule has 128 valence electrons. The molecule has 0 unspecified atom stereocenters. The summed E-state index contributed by atoms with van der Waals surface area (Å²) in [6.07, 6.45) is 12.2. The highest BCUT2D eigenvalue weighted by molar-refractivity contribution is 7.80. The molecular weight excluding hydrogens is 308 g/mol. The lowest BCUT2D eigenvalue weighted by Gasteiger charge is -2.25. The lowest BCUT2D eigenvalue weighted by atomic mass is 10.1. The molecule has 0 bridgehead atoms. The third-order valence-corrected chi connectivity index (χ3v) is 4.13. The molecule has 0 aliphatic carbocycles. The number of aromatic nitrogens is 1. The van der Waals surface area contributed by atoms with Gasteiger partial charge in [0.25, 0.3) is 0 Å². The van der Waals surface area contributed by atoms with Crippen molar-refractivity contribution in [3.8, 4) is 0 Å². The standard InChI is InChI=1S/C17H28N4OS/c23-17(20-16-8-11-18-12-9-16)19-10-4-2-1-3-5-13-21-14-6-7-15-22-21/h8-9,11-12H,1-7,10,13-15H2,(H2,18,19,20,23). The highest BCUT2D eigenvalue weighted by Crippen LogP contribution is 2.09. The molecule has 0 radical (unpaired) electrons. The topological polar surface area (TPSA) is 49.4 Å². The number of nitrogens with zero attached hydrogens (tertiary/aromatic N) is 2. The summed E-state index contributed by atoms with van der Waals surface area (Å²) in [6, 6.07) is 3.81. The Bertz CT molecular complexity index is 437. The van der Waals surface area contributed by atoms with Gasteiger partial charge in [0.05, 0.1) is 6.61 Å². The number of pyridine rings is 1. The Kier molecular flexibility index (Phi) is 8.91. The molecule has 0 atom stereocenters. The minimum absolute atomic E-state index is 0.679. The Morgan fingerprint density at radius 2 is 1.91 bits per heavy atom. The largest absolute Gasteiger partial charge is 0.362 e. The summed E-state index contributed by atoms with van der Waals surface area (Å²) in [6.45, 7) is 4.01. The molecule has 5 nitrogen and oxygen atoms in total. The van der Waals surface area contributed by atoms with E-state index in [1.807, 2.05) is 12.1 Å². The van der Waals surface area contributed by atoms with Crippen LogP contribution in [0.15, 0.2) is 24.5 Å². The van der Waals surface area contributed by atoms with E-state index in [1.54, 1.807) is 12.4 Å². The van der Waals surface area contributed by atoms with Crippen molar-refractivity contribution in [1.29, 1.82) is 0 Å². The lowest BCUT2D eigenvalue weighted by Crippen LogP contribution is -2.30. The first-order chi connectivity index (χ1) is 11.3. The van der Waals surface area contributed by atoms with E-state index in [0.29, 0.717) is 5.11 Å². The van der Waals surface area contributed by atoms with Crippen LogP contribution >= 0.6 is 12.2 Å². The van der Waals surface area contributed by atoms with Gasteiger partial charge >= 0.3 is 0 Å². The zero-order valence-electron chi connectivity index (χ0n) is 13.8. The maximum atomic E-state index is 5.60. The van der Waals surface area contributed by atoms with E-state index in [9.17, 15) is 0 Å². The number of hydrogen-bond donors (Lipinski definition) is 2. The summed E-state index contributed by atoms with van der Waals surface area (Å²) in [7, 11) is 0. The van der Waals surface area contributed by atoms with Crippen molar-refractivity contribution in [1.82, 2.24) is 15.4 Å². The highest BCUT2D eigenvalue weighted by Gasteiger charge is 2.09. The fourth-order valence-electron chi connectivity index (χ4n) is 2.58. The molecule has 1 aliphatic heterocycles. The maximum Gasteiger partial charge on any atom is 0.170 e. The van der Waals surface area contributed by atoms with Gasteiger partial charge in [0.2, 0.25) is 0 Å². The van der Waals surface area contributed by atoms with E-state index in [4.69, 9.17) is 17.1 Å². The molecule has 2 N–H and O–H groups in total. The Morgan fingerprint density at radius 1 is 1.13 bits per heavy atom. The lowest BCUT2D eigenvalue weighted by molar-refractivity contribution is -0.180. The summed E-state index contributed by atoms with van der Waals surface area (Å²) in [5.41, 5.74) is 0.970. The van der Waals surface area contributed by atoms with Crippen LogP contribution in [0.1, 0.15) is 44.9 Å². The zero-order valence-corrected chi connectivity index (χ0v) is 14.6. The van der Waals surface area contributed by atoms with Gasteiger partial charge in [-0.2, -0.15) is 5.06 Å². The fraction of sp³-hybridized carbons (Fsp3) is 0.647. The second-order valence-corrected chi connectivity index (χ2v) is 6.26. The Balaban J connectivity index is 1.39. The summed E-state index contributed by atoms with van der Waals surface area (Å²) in [5, 5.41) is 9.21. The number of thiocarbonyl (C=S) groups is 1. The van der Waals surface area contributed by atoms with Gasteiger partial charge < -0.3 is 10.6 Å². The summed E-state index contributed by atoms with van der Waals surface area (Å²) in [5.74, 6) is 0. The van der Waals surface area contributed by atoms with Crippen molar-refractivity contribution in [2.45, 2.75) is 44.9 Å². The van der Waals surface area contributed by atoms with Gasteiger partial charge in [-0.05, 0) is 50.0 Å². The SMILES string of the molecule is S=C(NCCCCCCCN1CCCCO1)Nc1ccncc1. The molecule has 1 saturated heterocycles. The van der Waals surface area contributed by atoms with Crippen LogP contribution in [0.3, 0.4) is 0 Å². The average Bonchev–Trinajstić information content (AvgIpc) is 2.59. The van der Waals surface area contributed by atoms with Crippen LogP contribution in [0, 0.1) is 0 Å². The maximum absolute atomic E-state index is 5.60. The van der Waals surface area contributed by atoms with Gasteiger partial charge in [0, 0.05) is 37.7 Å². The highest BCUT2D eigenvalue weighted by atomic mass is 32.1. The van der Waals surface area contributed by atoms with E-state index in [-0.39, 0.29) is 0 Å². The van der Waals surface area contributed by atoms with Crippen LogP contribution in [-0.2, 0) is 4.84 Å². The molecule has 23 heavy (non-hydrogen) atoms. The average molecular weight is 337 g/mol. The van der Waals surface area contributed by atoms with Gasteiger partial charge in [0.1, 0.15) is 0 Å². The number of rotatable bonds is 9. The van der Waals surface area contributed by atoms with Crippen LogP contribution in [0.5, 0.6) is 0 Å². The third kappa shape index (κ3) is 8.25. The minimum Gasteiger partial charge on any atom is -0.362 e. The van der Waals surface area contributed by atoms with E-state index in [0.717, 1.165) is 38.3 Å². The Labute approximate surface area is 144 Å². The molecule has 1 aromatic heterocycles. The molecular formula is C17H28N4OS. The summed E-state index contributed by atoms with van der Waals surface area (Å²) >= 11 is 5.27. The second-order valence-electron chi connectivity index (χ2n) is 5.85. The molecule has 0 aromatic carbocycles. The quantitative estimate of drug-likeness (QED) is 0.533. The number of unbranched alkanes of at least 4 members (excludes halogenated alkanes) is 4. The van der Waals surface area contributed by atoms with Crippen LogP contribution in [0.4, 0.5) is 5.69 Å². The van der Waals surface area contributed by atoms with Gasteiger partial charge in [-0.1, -0.05) is 19.3 Å². The molecule has 0 spiro atoms. The third-order valence-electron chi connectivity index (χ3n) is 3.88. The normalized spacial score (nSPS) is 15.3. The number of hydrogen-bond acceptors (Lipinski definition) is 4. The van der Waals surface area contributed by atoms with Crippen molar-refractivity contribution in [2.24, 2.45) is 0 Å². The predicted molar refractivity (Wildman–Crippen MR) is 98.3 cm³/mol. The first-order valence-corrected chi connectivity index (χ1v) is 9.08. The summed E-state index contributed by atoms with van der Waals surface area (Å²) < 4.78 is 0. The zero-order chi connectivity index (χ0) is 16.2. The van der Waals surface area contributed by atoms with Crippen molar-refractivity contribution in [2.75, 3.05) is 31.6 Å². The molecule has 2 rings (SSSR count). The van der Waals surface area contributed by atoms with Gasteiger partial charge in [-0.25, -0.2) is 0 Å². The van der Waals surface area contributed by atoms with Crippen molar-refractivity contribution < 1.29 is 4.84 Å². The first-order valence-electron chi connectivity index (χ1n) is 8.67. The van der Waals surface area contributed by atoms with Crippen molar-refractivity contribution in [3.63, 3.8) is 0 Å². The Hall–Kier alpha value is -1.24. The van der Waals surface area contributed by atoms with E-state index >= 15 is 0 Å². The van der Waals surface area contributed by atoms with E-state index in [2.05, 4.69) is 20.7 Å². The molecule has 6 heteroatoms. The molecule has 1 aromatic rings. The Morgan fingerprint density at radius 3 is 2.70 bits per heavy atom. The van der Waals surface area contributed by atoms with Crippen LogP contribution in [0.2, 0.25) is 0 Å². The monoisotopic (exact) mass is 336 g/mol. The van der Waals surface area contributed by atoms with Gasteiger partial charge in [-0.3, -0.25) is 9.82 Å². The number of anilines is 1. The fourth-order valence-corrected chi connectivity index (χ4v) is 2.80. The molecule has 1 aliphatic rings. The molecule has 0 saturated carbocycles. The van der Waals surface area contributed by atoms with Crippen molar-refractivity contribution in [3.05, 3.63) is 24.5 Å². The van der Waals surface area contributed by atoms with E-state index in [1.165, 1.54) is 38.5 Å². The molecule has 0 amide bonds. The van der Waals surface area contributed by atoms with Gasteiger partial charge in [-0.15, -0.1) is 0 Å². The minimum atomic E-state index is 0.679. The van der Waals surface area contributed by atoms with Gasteiger partial charge in [0.15, 0.2) is 5.11 Å². The second kappa shape index (κ2) is 11.3. The predicted octanol–water partition coefficient (Wildman–Crippen LogP) is 3.35. The van der Waals surface area contributed by atoms with Crippen LogP contribution in [-0.4, -0.2) is 41.4 Å². The summed E-state index contributed by atoms with van der Waals surface area (Å²) in [4.78, 5) is 9.58. The van der Waals surface area contributed by atoms with Crippen LogP contribution < -0.4 is 10.6 Å². The van der Waals surface area contributed by atoms with E-state index < -0.39 is 0 Å². The number of hydroxylamine groups is 2. The first kappa shape index (κ1) is 18.1. The molecule has 1 fully saturated rings. The number of nitrogens with one attached hydrogen (secondary N) is 2. The molecule has 2 heterocycles. The van der Waals surface area contributed by atoms with Crippen LogP contribution in [0.25, 0.3) is 0 Å². The van der Waals surface area contributed by atoms with Crippen molar-refractivity contribution >= 4 is 23.0 Å².